The number of carboxylic acids is 1. The highest BCUT2D eigenvalue weighted by Crippen LogP contribution is 2.24. The van der Waals surface area contributed by atoms with Crippen molar-refractivity contribution in [2.24, 2.45) is 11.8 Å². The molecule has 1 aliphatic heterocycles. The summed E-state index contributed by atoms with van der Waals surface area (Å²) in [6.07, 6.45) is 6.96. The zero-order valence-corrected chi connectivity index (χ0v) is 32.1. The second kappa shape index (κ2) is 20.5. The number of carbonyl (C=O) groups is 4. The number of likely N-dealkylation sites (tertiary alicyclic amines) is 1. The molecule has 0 bridgehead atoms. The van der Waals surface area contributed by atoms with Gasteiger partial charge in [0.1, 0.15) is 12.1 Å². The second-order valence-corrected chi connectivity index (χ2v) is 15.4. The second-order valence-electron chi connectivity index (χ2n) is 15.4. The molecule has 51 heavy (non-hydrogen) atoms. The number of amides is 2. The Labute approximate surface area is 306 Å². The van der Waals surface area contributed by atoms with Crippen molar-refractivity contribution in [3.8, 4) is 11.1 Å². The smallest absolute Gasteiger partial charge is 0.326 e. The molecule has 0 unspecified atom stereocenters. The minimum Gasteiger partial charge on any atom is -0.480 e. The lowest BCUT2D eigenvalue weighted by Gasteiger charge is -2.34. The number of Topliss-reactive ketones (excluding diaryl/α,β-unsaturated/α-hetero) is 1. The van der Waals surface area contributed by atoms with Gasteiger partial charge in [0.15, 0.2) is 5.78 Å². The lowest BCUT2D eigenvalue weighted by Crippen LogP contribution is -2.53. The van der Waals surface area contributed by atoms with Crippen LogP contribution in [0, 0.1) is 11.8 Å². The number of rotatable bonds is 20. The molecule has 3 N–H and O–H groups in total. The molecule has 1 fully saturated rings. The lowest BCUT2D eigenvalue weighted by molar-refractivity contribution is -0.143. The number of hydrogen-bond acceptors (Lipinski definition) is 6. The van der Waals surface area contributed by atoms with Crippen molar-refractivity contribution in [1.82, 2.24) is 15.5 Å². The van der Waals surface area contributed by atoms with Gasteiger partial charge in [-0.15, -0.1) is 0 Å². The third kappa shape index (κ3) is 14.2. The number of carbonyl (C=O) groups excluding carboxylic acids is 3. The molecule has 9 heteroatoms. The van der Waals surface area contributed by atoms with Crippen LogP contribution in [0.25, 0.3) is 11.1 Å². The summed E-state index contributed by atoms with van der Waals surface area (Å²) >= 11 is 0. The van der Waals surface area contributed by atoms with Gasteiger partial charge in [-0.1, -0.05) is 95.0 Å². The first-order valence-corrected chi connectivity index (χ1v) is 19.1. The summed E-state index contributed by atoms with van der Waals surface area (Å²) in [5.41, 5.74) is 4.47. The Morgan fingerprint density at radius 2 is 1.41 bits per heavy atom. The van der Waals surface area contributed by atoms with Gasteiger partial charge in [-0.3, -0.25) is 19.3 Å². The summed E-state index contributed by atoms with van der Waals surface area (Å²) in [5.74, 6) is -3.06. The Bertz CT molecular complexity index is 1390. The van der Waals surface area contributed by atoms with Crippen molar-refractivity contribution in [3.63, 3.8) is 0 Å². The molecule has 2 amide bonds. The molecule has 2 aromatic carbocycles. The van der Waals surface area contributed by atoms with Crippen LogP contribution in [-0.4, -0.2) is 70.5 Å². The first kappa shape index (κ1) is 41.9. The molecular weight excluding hydrogens is 642 g/mol. The van der Waals surface area contributed by atoms with Gasteiger partial charge in [0, 0.05) is 24.8 Å². The zero-order chi connectivity index (χ0) is 37.6. The minimum atomic E-state index is -1.08. The number of piperidine rings is 1. The number of carboxylic acid groups (broad SMARTS) is 1. The third-order valence-electron chi connectivity index (χ3n) is 9.74. The van der Waals surface area contributed by atoms with Crippen molar-refractivity contribution >= 4 is 23.6 Å². The third-order valence-corrected chi connectivity index (χ3v) is 9.74. The summed E-state index contributed by atoms with van der Waals surface area (Å²) in [4.78, 5) is 54.3. The number of ether oxygens (including phenoxy) is 1. The number of benzene rings is 2. The maximum Gasteiger partial charge on any atom is 0.326 e. The maximum absolute atomic E-state index is 13.7. The molecular formula is C42H63N3O6. The van der Waals surface area contributed by atoms with Crippen molar-refractivity contribution in [2.75, 3.05) is 13.1 Å². The van der Waals surface area contributed by atoms with Gasteiger partial charge >= 0.3 is 5.97 Å². The first-order valence-electron chi connectivity index (χ1n) is 19.1. The van der Waals surface area contributed by atoms with Crippen molar-refractivity contribution in [3.05, 3.63) is 59.7 Å². The molecule has 1 aliphatic rings. The van der Waals surface area contributed by atoms with E-state index in [4.69, 9.17) is 4.74 Å². The van der Waals surface area contributed by atoms with Gasteiger partial charge in [-0.2, -0.15) is 0 Å². The van der Waals surface area contributed by atoms with E-state index < -0.39 is 41.6 Å². The number of aliphatic carboxylic acids is 1. The van der Waals surface area contributed by atoms with E-state index >= 15 is 0 Å². The topological polar surface area (TPSA) is 125 Å². The van der Waals surface area contributed by atoms with Gasteiger partial charge < -0.3 is 20.5 Å². The van der Waals surface area contributed by atoms with E-state index in [2.05, 4.69) is 71.0 Å². The van der Waals surface area contributed by atoms with Crippen LogP contribution in [0.3, 0.4) is 0 Å². The Kier molecular flexibility index (Phi) is 16.8. The van der Waals surface area contributed by atoms with E-state index in [-0.39, 0.29) is 24.0 Å². The molecule has 0 aliphatic carbocycles. The van der Waals surface area contributed by atoms with Crippen molar-refractivity contribution in [1.29, 1.82) is 0 Å². The number of aryl methyl sites for hydroxylation is 1. The fourth-order valence-corrected chi connectivity index (χ4v) is 6.71. The van der Waals surface area contributed by atoms with Gasteiger partial charge in [0.25, 0.3) is 0 Å². The monoisotopic (exact) mass is 705 g/mol. The number of ketones is 1. The van der Waals surface area contributed by atoms with Crippen LogP contribution in [0.1, 0.15) is 117 Å². The molecule has 0 spiro atoms. The van der Waals surface area contributed by atoms with Crippen LogP contribution >= 0.6 is 0 Å². The number of hydrogen-bond donors (Lipinski definition) is 3. The van der Waals surface area contributed by atoms with Crippen LogP contribution in [0.4, 0.5) is 0 Å². The van der Waals surface area contributed by atoms with Crippen LogP contribution in [0.15, 0.2) is 48.5 Å². The van der Waals surface area contributed by atoms with E-state index in [9.17, 15) is 24.3 Å². The van der Waals surface area contributed by atoms with Gasteiger partial charge in [-0.25, -0.2) is 4.79 Å². The van der Waals surface area contributed by atoms with E-state index in [0.29, 0.717) is 25.7 Å². The number of nitrogens with one attached hydrogen (secondary N) is 2. The summed E-state index contributed by atoms with van der Waals surface area (Å²) in [7, 11) is 0. The number of nitrogens with zero attached hydrogens (tertiary/aromatic N) is 1. The molecule has 0 saturated carbocycles. The molecule has 0 aromatic heterocycles. The quantitative estimate of drug-likeness (QED) is 0.123. The van der Waals surface area contributed by atoms with Crippen LogP contribution in [0.5, 0.6) is 0 Å². The maximum atomic E-state index is 13.7. The van der Waals surface area contributed by atoms with E-state index in [1.807, 2.05) is 27.7 Å². The SMILES string of the molecule is CCCCC[C@H](NC(=O)[C@H](C)CC(=O)[C@@H](NC(=O)C1CCN(Cc2ccc(-c3ccc(CCCC)cc3)cc2)CC1)[C@@H](C)OC(C)(C)C)C(=O)O. The molecule has 2 aromatic rings. The van der Waals surface area contributed by atoms with Crippen LogP contribution in [-0.2, 0) is 36.9 Å². The van der Waals surface area contributed by atoms with Gasteiger partial charge in [0.05, 0.1) is 11.7 Å². The van der Waals surface area contributed by atoms with E-state index in [1.54, 1.807) is 13.8 Å². The summed E-state index contributed by atoms with van der Waals surface area (Å²) in [5, 5.41) is 15.2. The fraction of sp³-hybridized carbons (Fsp3) is 0.619. The predicted octanol–water partition coefficient (Wildman–Crippen LogP) is 7.34. The van der Waals surface area contributed by atoms with Crippen LogP contribution < -0.4 is 10.6 Å². The normalized spacial score (nSPS) is 16.5. The molecule has 3 rings (SSSR count). The molecule has 282 valence electrons. The van der Waals surface area contributed by atoms with Crippen molar-refractivity contribution < 1.29 is 29.0 Å². The molecule has 4 atom stereocenters. The Morgan fingerprint density at radius 1 is 0.843 bits per heavy atom. The highest BCUT2D eigenvalue weighted by atomic mass is 16.5. The first-order chi connectivity index (χ1) is 24.2. The lowest BCUT2D eigenvalue weighted by atomic mass is 9.92. The molecule has 1 saturated heterocycles. The average Bonchev–Trinajstić information content (AvgIpc) is 3.09. The average molecular weight is 706 g/mol. The summed E-state index contributed by atoms with van der Waals surface area (Å²) in [6, 6.07) is 15.6. The van der Waals surface area contributed by atoms with Crippen LogP contribution in [0.2, 0.25) is 0 Å². The Balaban J connectivity index is 1.56. The number of unbranched alkanes of at least 4 members (excludes halogenated alkanes) is 3. The highest BCUT2D eigenvalue weighted by Gasteiger charge is 2.35. The zero-order valence-electron chi connectivity index (χ0n) is 32.1. The predicted molar refractivity (Wildman–Crippen MR) is 203 cm³/mol. The van der Waals surface area contributed by atoms with E-state index in [0.717, 1.165) is 38.9 Å². The van der Waals surface area contributed by atoms with E-state index in [1.165, 1.54) is 35.1 Å². The minimum absolute atomic E-state index is 0.141. The highest BCUT2D eigenvalue weighted by molar-refractivity contribution is 5.94. The van der Waals surface area contributed by atoms with Gasteiger partial charge in [-0.05, 0) is 95.1 Å². The van der Waals surface area contributed by atoms with Crippen molar-refractivity contribution in [2.45, 2.75) is 143 Å². The van der Waals surface area contributed by atoms with Gasteiger partial charge in [0.2, 0.25) is 11.8 Å². The summed E-state index contributed by atoms with van der Waals surface area (Å²) in [6.45, 7) is 15.6. The summed E-state index contributed by atoms with van der Waals surface area (Å²) < 4.78 is 6.12. The Hall–Kier alpha value is -3.56. The fourth-order valence-electron chi connectivity index (χ4n) is 6.71. The molecule has 9 nitrogen and oxygen atoms in total. The molecule has 0 radical (unpaired) electrons. The largest absolute Gasteiger partial charge is 0.480 e. The molecule has 1 heterocycles. The Morgan fingerprint density at radius 3 is 1.94 bits per heavy atom. The standard InChI is InChI=1S/C42H63N3O6/c1-8-10-12-14-36(41(49)50)43-39(47)29(3)27-37(46)38(30(4)51-42(5,6)7)44-40(48)35-23-25-45(26-24-35)28-32-17-21-34(22-18-32)33-19-15-31(16-20-33)13-11-9-2/h15-22,29-30,35-36,38H,8-14,23-28H2,1-7H3,(H,43,47)(H,44,48)(H,49,50)/t29-,30-,36+,38+/m1/s1.